The summed E-state index contributed by atoms with van der Waals surface area (Å²) in [4.78, 5) is 11.9. The van der Waals surface area contributed by atoms with Crippen LogP contribution in [-0.4, -0.2) is 25.6 Å². The van der Waals surface area contributed by atoms with Crippen LogP contribution in [0.2, 0.25) is 0 Å². The van der Waals surface area contributed by atoms with Crippen LogP contribution in [0.3, 0.4) is 0 Å². The highest BCUT2D eigenvalue weighted by molar-refractivity contribution is 5.75. The number of para-hydroxylation sites is 1. The highest BCUT2D eigenvalue weighted by atomic mass is 16.5. The second kappa shape index (κ2) is 7.90. The standard InChI is InChI=1S/C16H24N2O2/c1-2-20-15-6-4-3-5-14(15)12-18-16(19)8-7-13-9-10-17-11-13/h3-6,13,17H,2,7-12H2,1H3,(H,18,19). The Morgan fingerprint density at radius 3 is 3.05 bits per heavy atom. The van der Waals surface area contributed by atoms with Crippen LogP contribution in [0, 0.1) is 5.92 Å². The molecular formula is C16H24N2O2. The van der Waals surface area contributed by atoms with E-state index in [1.807, 2.05) is 31.2 Å². The first-order valence-corrected chi connectivity index (χ1v) is 7.47. The Balaban J connectivity index is 1.74. The Bertz CT molecular complexity index is 428. The van der Waals surface area contributed by atoms with Gasteiger partial charge in [-0.1, -0.05) is 18.2 Å². The molecule has 0 saturated carbocycles. The van der Waals surface area contributed by atoms with Gasteiger partial charge in [0.25, 0.3) is 0 Å². The quantitative estimate of drug-likeness (QED) is 0.802. The maximum atomic E-state index is 11.9. The number of ether oxygens (including phenoxy) is 1. The molecular weight excluding hydrogens is 252 g/mol. The molecule has 0 aliphatic carbocycles. The molecule has 1 aliphatic heterocycles. The minimum atomic E-state index is 0.128. The predicted molar refractivity (Wildman–Crippen MR) is 79.7 cm³/mol. The number of rotatable bonds is 7. The third-order valence-electron chi connectivity index (χ3n) is 3.69. The van der Waals surface area contributed by atoms with Crippen LogP contribution in [0.4, 0.5) is 0 Å². The molecule has 4 heteroatoms. The van der Waals surface area contributed by atoms with Gasteiger partial charge in [0.2, 0.25) is 5.91 Å². The van der Waals surface area contributed by atoms with Gasteiger partial charge in [0.05, 0.1) is 6.61 Å². The summed E-state index contributed by atoms with van der Waals surface area (Å²) in [6.07, 6.45) is 2.79. The second-order valence-electron chi connectivity index (χ2n) is 5.21. The number of benzene rings is 1. The minimum absolute atomic E-state index is 0.128. The number of carbonyl (C=O) groups is 1. The molecule has 1 aliphatic rings. The summed E-state index contributed by atoms with van der Waals surface area (Å²) in [6, 6.07) is 7.85. The van der Waals surface area contributed by atoms with Crippen LogP contribution in [0.5, 0.6) is 5.75 Å². The van der Waals surface area contributed by atoms with E-state index in [1.165, 1.54) is 6.42 Å². The summed E-state index contributed by atoms with van der Waals surface area (Å²) < 4.78 is 5.55. The molecule has 4 nitrogen and oxygen atoms in total. The molecule has 0 aromatic heterocycles. The molecule has 1 saturated heterocycles. The first-order chi connectivity index (χ1) is 9.79. The van der Waals surface area contributed by atoms with Crippen LogP contribution >= 0.6 is 0 Å². The second-order valence-corrected chi connectivity index (χ2v) is 5.21. The van der Waals surface area contributed by atoms with Crippen LogP contribution in [0.15, 0.2) is 24.3 Å². The van der Waals surface area contributed by atoms with Crippen LogP contribution in [0.25, 0.3) is 0 Å². The Labute approximate surface area is 120 Å². The fraction of sp³-hybridized carbons (Fsp3) is 0.562. The molecule has 1 atom stereocenters. The molecule has 2 N–H and O–H groups in total. The smallest absolute Gasteiger partial charge is 0.220 e. The van der Waals surface area contributed by atoms with E-state index in [0.717, 1.165) is 30.8 Å². The molecule has 0 radical (unpaired) electrons. The van der Waals surface area contributed by atoms with Crippen molar-refractivity contribution in [3.63, 3.8) is 0 Å². The van der Waals surface area contributed by atoms with Gasteiger partial charge in [-0.05, 0) is 44.8 Å². The van der Waals surface area contributed by atoms with E-state index in [-0.39, 0.29) is 5.91 Å². The topological polar surface area (TPSA) is 50.4 Å². The SMILES string of the molecule is CCOc1ccccc1CNC(=O)CCC1CCNC1. The molecule has 1 heterocycles. The highest BCUT2D eigenvalue weighted by Crippen LogP contribution is 2.18. The summed E-state index contributed by atoms with van der Waals surface area (Å²) in [5.41, 5.74) is 1.03. The van der Waals surface area contributed by atoms with Crippen molar-refractivity contribution in [2.75, 3.05) is 19.7 Å². The van der Waals surface area contributed by atoms with Crippen molar-refractivity contribution in [3.05, 3.63) is 29.8 Å². The van der Waals surface area contributed by atoms with Gasteiger partial charge in [-0.15, -0.1) is 0 Å². The number of hydrogen-bond donors (Lipinski definition) is 2. The lowest BCUT2D eigenvalue weighted by Gasteiger charge is -2.12. The van der Waals surface area contributed by atoms with Crippen molar-refractivity contribution in [3.8, 4) is 5.75 Å². The van der Waals surface area contributed by atoms with Crippen molar-refractivity contribution in [2.45, 2.75) is 32.7 Å². The van der Waals surface area contributed by atoms with Crippen molar-refractivity contribution in [1.82, 2.24) is 10.6 Å². The third kappa shape index (κ3) is 4.53. The van der Waals surface area contributed by atoms with Crippen molar-refractivity contribution < 1.29 is 9.53 Å². The molecule has 110 valence electrons. The number of nitrogens with one attached hydrogen (secondary N) is 2. The Kier molecular flexibility index (Phi) is 5.87. The maximum absolute atomic E-state index is 11.9. The molecule has 1 amide bonds. The van der Waals surface area contributed by atoms with E-state index in [9.17, 15) is 4.79 Å². The third-order valence-corrected chi connectivity index (χ3v) is 3.69. The zero-order valence-electron chi connectivity index (χ0n) is 12.2. The number of carbonyl (C=O) groups excluding carboxylic acids is 1. The van der Waals surface area contributed by atoms with Gasteiger partial charge in [-0.25, -0.2) is 0 Å². The van der Waals surface area contributed by atoms with Crippen LogP contribution in [-0.2, 0) is 11.3 Å². The average Bonchev–Trinajstić information content (AvgIpc) is 2.98. The molecule has 1 unspecified atom stereocenters. The van der Waals surface area contributed by atoms with Gasteiger partial charge < -0.3 is 15.4 Å². The zero-order chi connectivity index (χ0) is 14.2. The van der Waals surface area contributed by atoms with Crippen molar-refractivity contribution in [1.29, 1.82) is 0 Å². The normalized spacial score (nSPS) is 17.9. The maximum Gasteiger partial charge on any atom is 0.220 e. The molecule has 0 bridgehead atoms. The number of amides is 1. The summed E-state index contributed by atoms with van der Waals surface area (Å²) in [7, 11) is 0. The van der Waals surface area contributed by atoms with Gasteiger partial charge >= 0.3 is 0 Å². The molecule has 1 fully saturated rings. The lowest BCUT2D eigenvalue weighted by Crippen LogP contribution is -2.23. The highest BCUT2D eigenvalue weighted by Gasteiger charge is 2.15. The van der Waals surface area contributed by atoms with Gasteiger partial charge in [0.15, 0.2) is 0 Å². The monoisotopic (exact) mass is 276 g/mol. The molecule has 1 aromatic rings. The summed E-state index contributed by atoms with van der Waals surface area (Å²) in [5, 5.41) is 6.31. The van der Waals surface area contributed by atoms with Gasteiger partial charge in [0, 0.05) is 18.5 Å². The summed E-state index contributed by atoms with van der Waals surface area (Å²) >= 11 is 0. The summed E-state index contributed by atoms with van der Waals surface area (Å²) in [6.45, 7) is 5.29. The van der Waals surface area contributed by atoms with Gasteiger partial charge in [-0.3, -0.25) is 4.79 Å². The van der Waals surface area contributed by atoms with E-state index in [1.54, 1.807) is 0 Å². The first-order valence-electron chi connectivity index (χ1n) is 7.47. The van der Waals surface area contributed by atoms with E-state index in [0.29, 0.717) is 25.5 Å². The fourth-order valence-corrected chi connectivity index (χ4v) is 2.52. The Hall–Kier alpha value is -1.55. The van der Waals surface area contributed by atoms with Crippen molar-refractivity contribution in [2.24, 2.45) is 5.92 Å². The minimum Gasteiger partial charge on any atom is -0.494 e. The van der Waals surface area contributed by atoms with Gasteiger partial charge in [0.1, 0.15) is 5.75 Å². The predicted octanol–water partition coefficient (Wildman–Crippen LogP) is 2.09. The lowest BCUT2D eigenvalue weighted by molar-refractivity contribution is -0.121. The average molecular weight is 276 g/mol. The van der Waals surface area contributed by atoms with E-state index in [2.05, 4.69) is 10.6 Å². The van der Waals surface area contributed by atoms with Crippen LogP contribution < -0.4 is 15.4 Å². The molecule has 0 spiro atoms. The zero-order valence-corrected chi connectivity index (χ0v) is 12.2. The molecule has 2 rings (SSSR count). The Morgan fingerprint density at radius 2 is 2.30 bits per heavy atom. The first kappa shape index (κ1) is 14.9. The number of hydrogen-bond acceptors (Lipinski definition) is 3. The largest absolute Gasteiger partial charge is 0.494 e. The van der Waals surface area contributed by atoms with Gasteiger partial charge in [-0.2, -0.15) is 0 Å². The summed E-state index contributed by atoms with van der Waals surface area (Å²) in [5.74, 6) is 1.65. The lowest BCUT2D eigenvalue weighted by atomic mass is 10.0. The molecule has 20 heavy (non-hydrogen) atoms. The fourth-order valence-electron chi connectivity index (χ4n) is 2.52. The van der Waals surface area contributed by atoms with E-state index >= 15 is 0 Å². The van der Waals surface area contributed by atoms with E-state index in [4.69, 9.17) is 4.74 Å². The molecule has 1 aromatic carbocycles. The van der Waals surface area contributed by atoms with Crippen molar-refractivity contribution >= 4 is 5.91 Å². The van der Waals surface area contributed by atoms with E-state index < -0.39 is 0 Å². The van der Waals surface area contributed by atoms with Crippen LogP contribution in [0.1, 0.15) is 31.7 Å². The Morgan fingerprint density at radius 1 is 1.45 bits per heavy atom.